The Kier molecular flexibility index (Phi) is 3.48. The number of hydrogen-bond acceptors (Lipinski definition) is 3. The van der Waals surface area contributed by atoms with E-state index in [9.17, 15) is 4.79 Å². The Balaban J connectivity index is 2.15. The molecule has 0 saturated heterocycles. The van der Waals surface area contributed by atoms with E-state index in [0.29, 0.717) is 5.92 Å². The maximum atomic E-state index is 10.9. The quantitative estimate of drug-likeness (QED) is 0.856. The molecule has 0 radical (unpaired) electrons. The third-order valence-electron chi connectivity index (χ3n) is 4.33. The predicted molar refractivity (Wildman–Crippen MR) is 84.9 cm³/mol. The van der Waals surface area contributed by atoms with Gasteiger partial charge in [-0.1, -0.05) is 23.9 Å². The summed E-state index contributed by atoms with van der Waals surface area (Å²) in [5.41, 5.74) is 3.21. The largest absolute Gasteiger partial charge is 0.481 e. The predicted octanol–water partition coefficient (Wildman–Crippen LogP) is 3.67. The topological polar surface area (TPSA) is 55.1 Å². The van der Waals surface area contributed by atoms with Crippen molar-refractivity contribution in [2.24, 2.45) is 5.92 Å². The number of aliphatic carboxylic acids is 1. The molecule has 21 heavy (non-hydrogen) atoms. The Labute approximate surface area is 128 Å². The average Bonchev–Trinajstić information content (AvgIpc) is 3.18. The molecule has 1 N–H and O–H groups in total. The molecule has 0 aliphatic heterocycles. The van der Waals surface area contributed by atoms with Gasteiger partial charge in [0, 0.05) is 5.54 Å². The van der Waals surface area contributed by atoms with Crippen molar-refractivity contribution in [3.63, 3.8) is 0 Å². The molecule has 4 nitrogen and oxygen atoms in total. The number of para-hydroxylation sites is 1. The second-order valence-electron chi connectivity index (χ2n) is 6.28. The van der Waals surface area contributed by atoms with Gasteiger partial charge in [0.1, 0.15) is 0 Å². The lowest BCUT2D eigenvalue weighted by molar-refractivity contribution is -0.133. The lowest BCUT2D eigenvalue weighted by Gasteiger charge is -2.29. The van der Waals surface area contributed by atoms with E-state index in [-0.39, 0.29) is 11.3 Å². The van der Waals surface area contributed by atoms with Gasteiger partial charge in [0.05, 0.1) is 16.8 Å². The molecular weight excluding hydrogens is 284 g/mol. The number of carbonyl (C=O) groups is 1. The lowest BCUT2D eigenvalue weighted by atomic mass is 9.98. The molecule has 1 heterocycles. The van der Waals surface area contributed by atoms with E-state index < -0.39 is 5.97 Å². The number of aromatic nitrogens is 2. The summed E-state index contributed by atoms with van der Waals surface area (Å²) in [7, 11) is 0. The zero-order chi connectivity index (χ0) is 15.2. The van der Waals surface area contributed by atoms with Crippen LogP contribution in [0.25, 0.3) is 11.0 Å². The van der Waals surface area contributed by atoms with Crippen molar-refractivity contribution in [2.45, 2.75) is 44.3 Å². The number of thioether (sulfide) groups is 1. The first-order chi connectivity index (χ1) is 9.91. The summed E-state index contributed by atoms with van der Waals surface area (Å²) < 4.78 is 2.25. The number of benzene rings is 1. The van der Waals surface area contributed by atoms with Gasteiger partial charge in [-0.3, -0.25) is 4.79 Å². The van der Waals surface area contributed by atoms with E-state index in [1.54, 1.807) is 0 Å². The highest BCUT2D eigenvalue weighted by molar-refractivity contribution is 7.99. The van der Waals surface area contributed by atoms with Gasteiger partial charge in [-0.2, -0.15) is 0 Å². The fourth-order valence-corrected chi connectivity index (χ4v) is 3.84. The highest BCUT2D eigenvalue weighted by atomic mass is 32.2. The molecule has 5 heteroatoms. The van der Waals surface area contributed by atoms with Crippen LogP contribution in [0.5, 0.6) is 0 Å². The molecule has 1 fully saturated rings. The van der Waals surface area contributed by atoms with Crippen LogP contribution in [0, 0.1) is 12.8 Å². The van der Waals surface area contributed by atoms with Gasteiger partial charge in [0.2, 0.25) is 0 Å². The van der Waals surface area contributed by atoms with Crippen molar-refractivity contribution in [3.8, 4) is 0 Å². The number of nitrogens with zero attached hydrogens (tertiary/aromatic N) is 2. The molecule has 1 saturated carbocycles. The molecule has 1 aliphatic rings. The maximum Gasteiger partial charge on any atom is 0.313 e. The van der Waals surface area contributed by atoms with Gasteiger partial charge in [0.25, 0.3) is 0 Å². The van der Waals surface area contributed by atoms with E-state index in [2.05, 4.69) is 37.5 Å². The van der Waals surface area contributed by atoms with Crippen LogP contribution in [0.3, 0.4) is 0 Å². The summed E-state index contributed by atoms with van der Waals surface area (Å²) in [6.45, 7) is 6.52. The average molecular weight is 304 g/mol. The molecule has 112 valence electrons. The molecule has 3 rings (SSSR count). The summed E-state index contributed by atoms with van der Waals surface area (Å²) >= 11 is 1.31. The second-order valence-corrected chi connectivity index (χ2v) is 7.23. The van der Waals surface area contributed by atoms with Crippen LogP contribution in [0.2, 0.25) is 0 Å². The van der Waals surface area contributed by atoms with E-state index in [0.717, 1.165) is 21.8 Å². The minimum atomic E-state index is -0.806. The third-order valence-corrected chi connectivity index (χ3v) is 5.26. The lowest BCUT2D eigenvalue weighted by Crippen LogP contribution is -2.29. The standard InChI is InChI=1S/C16H20N2O2S/c1-10-5-4-6-12-14(10)17-15(21-9-13(19)20)18(12)16(2,3)11-7-8-11/h4-6,11H,7-9H2,1-3H3,(H,19,20). The molecule has 1 aromatic carbocycles. The maximum absolute atomic E-state index is 10.9. The molecule has 1 aliphatic carbocycles. The molecule has 1 aromatic heterocycles. The first-order valence-corrected chi connectivity index (χ1v) is 8.23. The van der Waals surface area contributed by atoms with Crippen molar-refractivity contribution < 1.29 is 9.90 Å². The van der Waals surface area contributed by atoms with Gasteiger partial charge in [-0.25, -0.2) is 4.98 Å². The summed E-state index contributed by atoms with van der Waals surface area (Å²) in [6.07, 6.45) is 2.48. The number of fused-ring (bicyclic) bond motifs is 1. The van der Waals surface area contributed by atoms with Gasteiger partial charge < -0.3 is 9.67 Å². The van der Waals surface area contributed by atoms with Gasteiger partial charge >= 0.3 is 5.97 Å². The van der Waals surface area contributed by atoms with Crippen molar-refractivity contribution in [3.05, 3.63) is 23.8 Å². The number of hydrogen-bond donors (Lipinski definition) is 1. The van der Waals surface area contributed by atoms with Gasteiger partial charge in [0.15, 0.2) is 5.16 Å². The second kappa shape index (κ2) is 5.05. The minimum absolute atomic E-state index is 0.0244. The minimum Gasteiger partial charge on any atom is -0.481 e. The first kappa shape index (κ1) is 14.4. The normalized spacial score (nSPS) is 15.6. The van der Waals surface area contributed by atoms with Crippen LogP contribution >= 0.6 is 11.8 Å². The number of carboxylic acids is 1. The van der Waals surface area contributed by atoms with Crippen LogP contribution in [-0.2, 0) is 10.3 Å². The van der Waals surface area contributed by atoms with Crippen molar-refractivity contribution in [1.29, 1.82) is 0 Å². The molecule has 0 amide bonds. The Morgan fingerprint density at radius 1 is 1.48 bits per heavy atom. The molecule has 2 aromatic rings. The van der Waals surface area contributed by atoms with Gasteiger partial charge in [-0.15, -0.1) is 0 Å². The SMILES string of the molecule is Cc1cccc2c1nc(SCC(=O)O)n2C(C)(C)C1CC1. The molecule has 0 spiro atoms. The van der Waals surface area contributed by atoms with Crippen LogP contribution < -0.4 is 0 Å². The molecule has 0 atom stereocenters. The first-order valence-electron chi connectivity index (χ1n) is 7.24. The Morgan fingerprint density at radius 3 is 2.81 bits per heavy atom. The van der Waals surface area contributed by atoms with Crippen molar-refractivity contribution in [2.75, 3.05) is 5.75 Å². The van der Waals surface area contributed by atoms with Gasteiger partial charge in [-0.05, 0) is 51.2 Å². The highest BCUT2D eigenvalue weighted by Crippen LogP contribution is 2.46. The zero-order valence-electron chi connectivity index (χ0n) is 12.6. The van der Waals surface area contributed by atoms with E-state index >= 15 is 0 Å². The highest BCUT2D eigenvalue weighted by Gasteiger charge is 2.41. The summed E-state index contributed by atoms with van der Waals surface area (Å²) in [4.78, 5) is 15.6. The zero-order valence-corrected chi connectivity index (χ0v) is 13.4. The smallest absolute Gasteiger partial charge is 0.313 e. The van der Waals surface area contributed by atoms with Crippen LogP contribution in [0.4, 0.5) is 0 Å². The van der Waals surface area contributed by atoms with E-state index in [1.165, 1.54) is 24.6 Å². The summed E-state index contributed by atoms with van der Waals surface area (Å²) in [5.74, 6) is -0.109. The molecule has 0 bridgehead atoms. The summed E-state index contributed by atoms with van der Waals surface area (Å²) in [6, 6.07) is 6.18. The molecular formula is C16H20N2O2S. The number of carboxylic acid groups (broad SMARTS) is 1. The van der Waals surface area contributed by atoms with E-state index in [1.807, 2.05) is 6.07 Å². The van der Waals surface area contributed by atoms with Crippen molar-refractivity contribution in [1.82, 2.24) is 9.55 Å². The van der Waals surface area contributed by atoms with Crippen LogP contribution in [-0.4, -0.2) is 26.4 Å². The van der Waals surface area contributed by atoms with Crippen LogP contribution in [0.15, 0.2) is 23.4 Å². The number of aryl methyl sites for hydroxylation is 1. The third kappa shape index (κ3) is 2.55. The Hall–Kier alpha value is -1.49. The molecule has 0 unspecified atom stereocenters. The number of imidazole rings is 1. The monoisotopic (exact) mass is 304 g/mol. The number of rotatable bonds is 5. The fraction of sp³-hybridized carbons (Fsp3) is 0.500. The fourth-order valence-electron chi connectivity index (χ4n) is 2.97. The Bertz CT molecular complexity index is 702. The summed E-state index contributed by atoms with van der Waals surface area (Å²) in [5, 5.41) is 9.78. The van der Waals surface area contributed by atoms with Crippen LogP contribution in [0.1, 0.15) is 32.3 Å². The van der Waals surface area contributed by atoms with E-state index in [4.69, 9.17) is 10.1 Å². The van der Waals surface area contributed by atoms with Crippen molar-refractivity contribution >= 4 is 28.8 Å². The Morgan fingerprint density at radius 2 is 2.19 bits per heavy atom.